The molecule has 0 aromatic heterocycles. The van der Waals surface area contributed by atoms with Crippen LogP contribution in [0.3, 0.4) is 0 Å². The number of amides is 3. The van der Waals surface area contributed by atoms with Crippen molar-refractivity contribution in [1.82, 2.24) is 5.32 Å². The van der Waals surface area contributed by atoms with E-state index in [1.165, 1.54) is 6.92 Å². The zero-order valence-corrected chi connectivity index (χ0v) is 19.2. The maximum absolute atomic E-state index is 12.9. The highest BCUT2D eigenvalue weighted by atomic mass is 79.9. The Morgan fingerprint density at radius 1 is 1.25 bits per heavy atom. The molecule has 2 aromatic carbocycles. The minimum absolute atomic E-state index is 0.152. The first-order valence-corrected chi connectivity index (χ1v) is 10.9. The van der Waals surface area contributed by atoms with Gasteiger partial charge in [-0.25, -0.2) is 4.79 Å². The Hall–Kier alpha value is -3.20. The molecule has 0 saturated heterocycles. The van der Waals surface area contributed by atoms with E-state index in [1.54, 1.807) is 12.0 Å². The molecular formula is C23H22BrN3O5. The average molecular weight is 500 g/mol. The number of urea groups is 1. The number of para-hydroxylation sites is 1. The van der Waals surface area contributed by atoms with E-state index in [-0.39, 0.29) is 24.5 Å². The molecule has 8 nitrogen and oxygen atoms in total. The Bertz CT molecular complexity index is 1120. The van der Waals surface area contributed by atoms with E-state index in [1.807, 2.05) is 42.5 Å². The van der Waals surface area contributed by atoms with Crippen molar-refractivity contribution in [3.63, 3.8) is 0 Å². The SMILES string of the molecule is COc1ccc(C2NC(=O)N=C3c4ccccc4N(C(=O)COC(C)=O)CCC32)cc1Br. The van der Waals surface area contributed by atoms with Crippen LogP contribution >= 0.6 is 15.9 Å². The summed E-state index contributed by atoms with van der Waals surface area (Å²) < 4.78 is 11.0. The summed E-state index contributed by atoms with van der Waals surface area (Å²) in [6, 6.07) is 12.3. The number of methoxy groups -OCH3 is 1. The summed E-state index contributed by atoms with van der Waals surface area (Å²) in [6.45, 7) is 1.32. The summed E-state index contributed by atoms with van der Waals surface area (Å²) in [5.74, 6) is -0.298. The number of aliphatic imine (C=N–C) groups is 1. The average Bonchev–Trinajstić information content (AvgIpc) is 2.94. The van der Waals surface area contributed by atoms with Crippen LogP contribution in [0.25, 0.3) is 0 Å². The number of nitrogens with one attached hydrogen (secondary N) is 1. The lowest BCUT2D eigenvalue weighted by molar-refractivity contribution is -0.145. The fourth-order valence-corrected chi connectivity index (χ4v) is 4.74. The highest BCUT2D eigenvalue weighted by Gasteiger charge is 2.39. The number of benzene rings is 2. The minimum atomic E-state index is -0.514. The molecule has 0 spiro atoms. The number of ether oxygens (including phenoxy) is 2. The minimum Gasteiger partial charge on any atom is -0.496 e. The number of anilines is 1. The third-order valence-electron chi connectivity index (χ3n) is 5.62. The Morgan fingerprint density at radius 3 is 2.75 bits per heavy atom. The number of carbonyl (C=O) groups is 3. The van der Waals surface area contributed by atoms with Crippen LogP contribution in [0, 0.1) is 5.92 Å². The van der Waals surface area contributed by atoms with Gasteiger partial charge in [-0.05, 0) is 46.1 Å². The van der Waals surface area contributed by atoms with Crippen LogP contribution < -0.4 is 15.0 Å². The van der Waals surface area contributed by atoms with Gasteiger partial charge >= 0.3 is 12.0 Å². The number of hydrogen-bond acceptors (Lipinski definition) is 5. The third-order valence-corrected chi connectivity index (χ3v) is 6.24. The van der Waals surface area contributed by atoms with Crippen LogP contribution in [0.4, 0.5) is 10.5 Å². The quantitative estimate of drug-likeness (QED) is 0.647. The lowest BCUT2D eigenvalue weighted by Gasteiger charge is -2.32. The Balaban J connectivity index is 1.74. The predicted molar refractivity (Wildman–Crippen MR) is 122 cm³/mol. The molecule has 2 unspecified atom stereocenters. The van der Waals surface area contributed by atoms with Gasteiger partial charge in [0, 0.05) is 24.9 Å². The second kappa shape index (κ2) is 9.12. The highest BCUT2D eigenvalue weighted by Crippen LogP contribution is 2.39. The second-order valence-corrected chi connectivity index (χ2v) is 8.41. The lowest BCUT2D eigenvalue weighted by Crippen LogP contribution is -2.41. The second-order valence-electron chi connectivity index (χ2n) is 7.56. The van der Waals surface area contributed by atoms with Gasteiger partial charge in [-0.15, -0.1) is 0 Å². The van der Waals surface area contributed by atoms with Crippen molar-refractivity contribution in [2.75, 3.05) is 25.2 Å². The smallest absolute Gasteiger partial charge is 0.341 e. The van der Waals surface area contributed by atoms with Crippen molar-refractivity contribution >= 4 is 45.2 Å². The van der Waals surface area contributed by atoms with Crippen LogP contribution in [-0.4, -0.2) is 43.9 Å². The number of carbonyl (C=O) groups excluding carboxylic acids is 3. The molecule has 2 heterocycles. The molecular weight excluding hydrogens is 478 g/mol. The summed E-state index contributed by atoms with van der Waals surface area (Å²) in [5, 5.41) is 2.98. The zero-order chi connectivity index (χ0) is 22.8. The van der Waals surface area contributed by atoms with Crippen LogP contribution in [0.15, 0.2) is 51.9 Å². The molecule has 0 radical (unpaired) electrons. The molecule has 166 valence electrons. The molecule has 3 amide bonds. The van der Waals surface area contributed by atoms with Gasteiger partial charge in [0.1, 0.15) is 5.75 Å². The summed E-state index contributed by atoms with van der Waals surface area (Å²) in [4.78, 5) is 42.5. The van der Waals surface area contributed by atoms with E-state index in [0.717, 1.165) is 15.6 Å². The van der Waals surface area contributed by atoms with Gasteiger partial charge in [0.2, 0.25) is 0 Å². The van der Waals surface area contributed by atoms with Crippen molar-refractivity contribution in [3.05, 3.63) is 58.1 Å². The fraction of sp³-hybridized carbons (Fsp3) is 0.304. The van der Waals surface area contributed by atoms with Gasteiger partial charge in [0.15, 0.2) is 6.61 Å². The van der Waals surface area contributed by atoms with Gasteiger partial charge in [0.25, 0.3) is 5.91 Å². The van der Waals surface area contributed by atoms with E-state index >= 15 is 0 Å². The molecule has 9 heteroatoms. The fourth-order valence-electron chi connectivity index (χ4n) is 4.19. The monoisotopic (exact) mass is 499 g/mol. The van der Waals surface area contributed by atoms with Crippen LogP contribution in [0.2, 0.25) is 0 Å². The molecule has 2 aromatic rings. The Morgan fingerprint density at radius 2 is 2.03 bits per heavy atom. The molecule has 0 saturated carbocycles. The number of nitrogens with zero attached hydrogens (tertiary/aromatic N) is 2. The molecule has 2 atom stereocenters. The topological polar surface area (TPSA) is 97.3 Å². The number of halogens is 1. The van der Waals surface area contributed by atoms with Gasteiger partial charge in [0.05, 0.1) is 29.0 Å². The van der Waals surface area contributed by atoms with Crippen molar-refractivity contribution < 1.29 is 23.9 Å². The van der Waals surface area contributed by atoms with Crippen molar-refractivity contribution in [2.45, 2.75) is 19.4 Å². The van der Waals surface area contributed by atoms with Crippen molar-refractivity contribution in [3.8, 4) is 5.75 Å². The first-order valence-electron chi connectivity index (χ1n) is 10.1. The Labute approximate surface area is 193 Å². The zero-order valence-electron chi connectivity index (χ0n) is 17.6. The maximum Gasteiger partial charge on any atom is 0.341 e. The lowest BCUT2D eigenvalue weighted by atomic mass is 9.83. The third kappa shape index (κ3) is 4.25. The van der Waals surface area contributed by atoms with Crippen LogP contribution in [-0.2, 0) is 14.3 Å². The van der Waals surface area contributed by atoms with Crippen LogP contribution in [0.5, 0.6) is 5.75 Å². The van der Waals surface area contributed by atoms with Gasteiger partial charge in [-0.1, -0.05) is 24.3 Å². The van der Waals surface area contributed by atoms with E-state index in [4.69, 9.17) is 9.47 Å². The normalized spacial score (nSPS) is 19.7. The summed E-state index contributed by atoms with van der Waals surface area (Å²) in [6.07, 6.45) is 0.563. The molecule has 1 N–H and O–H groups in total. The number of fused-ring (bicyclic) bond motifs is 3. The number of rotatable bonds is 4. The van der Waals surface area contributed by atoms with Crippen molar-refractivity contribution in [1.29, 1.82) is 0 Å². The van der Waals surface area contributed by atoms with E-state index in [2.05, 4.69) is 26.2 Å². The number of esters is 1. The first kappa shape index (κ1) is 22.0. The molecule has 0 fully saturated rings. The molecule has 0 bridgehead atoms. The van der Waals surface area contributed by atoms with E-state index in [0.29, 0.717) is 30.1 Å². The molecule has 4 rings (SSSR count). The van der Waals surface area contributed by atoms with Gasteiger partial charge in [-0.3, -0.25) is 9.59 Å². The molecule has 0 aliphatic carbocycles. The standard InChI is InChI=1S/C23H22BrN3O5/c1-13(28)32-12-20(29)27-10-9-16-21(14-7-8-19(31-2)17(24)11-14)25-23(30)26-22(16)15-5-3-4-6-18(15)27/h3-8,11,16,21H,9-10,12H2,1-2H3,(H,25,30). The Kier molecular flexibility index (Phi) is 6.27. The van der Waals surface area contributed by atoms with E-state index < -0.39 is 12.0 Å². The van der Waals surface area contributed by atoms with Crippen molar-refractivity contribution in [2.24, 2.45) is 10.9 Å². The summed E-state index contributed by atoms with van der Waals surface area (Å²) in [5.41, 5.74) is 2.92. The van der Waals surface area contributed by atoms with E-state index in [9.17, 15) is 14.4 Å². The highest BCUT2D eigenvalue weighted by molar-refractivity contribution is 9.10. The number of hydrogen-bond donors (Lipinski definition) is 1. The molecule has 2 aliphatic rings. The largest absolute Gasteiger partial charge is 0.496 e. The molecule has 32 heavy (non-hydrogen) atoms. The first-order chi connectivity index (χ1) is 15.4. The van der Waals surface area contributed by atoms with Crippen LogP contribution in [0.1, 0.15) is 30.5 Å². The van der Waals surface area contributed by atoms with Gasteiger partial charge in [-0.2, -0.15) is 4.99 Å². The summed E-state index contributed by atoms with van der Waals surface area (Å²) >= 11 is 3.51. The predicted octanol–water partition coefficient (Wildman–Crippen LogP) is 3.63. The maximum atomic E-state index is 12.9. The molecule has 2 aliphatic heterocycles. The summed E-state index contributed by atoms with van der Waals surface area (Å²) in [7, 11) is 1.59. The van der Waals surface area contributed by atoms with Gasteiger partial charge < -0.3 is 19.7 Å².